The normalized spacial score (nSPS) is 18.0. The maximum Gasteiger partial charge on any atom is 0.326 e. The van der Waals surface area contributed by atoms with Gasteiger partial charge >= 0.3 is 5.97 Å². The van der Waals surface area contributed by atoms with E-state index in [9.17, 15) is 14.7 Å². The molecule has 2 rings (SSSR count). The van der Waals surface area contributed by atoms with E-state index in [4.69, 9.17) is 4.74 Å². The van der Waals surface area contributed by atoms with Gasteiger partial charge in [-0.1, -0.05) is 18.2 Å². The highest BCUT2D eigenvalue weighted by Gasteiger charge is 2.30. The van der Waals surface area contributed by atoms with Crippen LogP contribution in [0.5, 0.6) is 0 Å². The Kier molecular flexibility index (Phi) is 5.64. The molecule has 1 aliphatic heterocycles. The molecule has 1 heterocycles. The van der Waals surface area contributed by atoms with Gasteiger partial charge in [-0.25, -0.2) is 4.79 Å². The van der Waals surface area contributed by atoms with Gasteiger partial charge in [0.15, 0.2) is 0 Å². The second kappa shape index (κ2) is 7.47. The van der Waals surface area contributed by atoms with Crippen molar-refractivity contribution in [2.24, 2.45) is 0 Å². The van der Waals surface area contributed by atoms with Gasteiger partial charge < -0.3 is 15.2 Å². The summed E-state index contributed by atoms with van der Waals surface area (Å²) in [5.74, 6) is -1.21. The van der Waals surface area contributed by atoms with Crippen molar-refractivity contribution >= 4 is 23.6 Å². The van der Waals surface area contributed by atoms with Crippen molar-refractivity contribution < 1.29 is 19.4 Å². The fourth-order valence-electron chi connectivity index (χ4n) is 2.28. The molecule has 6 heteroatoms. The lowest BCUT2D eigenvalue weighted by Gasteiger charge is -2.16. The first-order valence-corrected chi connectivity index (χ1v) is 7.76. The number of carboxylic acids is 1. The minimum atomic E-state index is -1.00. The molecule has 0 radical (unpaired) electrons. The number of thioether (sulfide) groups is 1. The standard InChI is InChI=1S/C15H19NO4S/c1-20-8-4-6-11(15(18)19)16-14(17)13-9-10-5-2-3-7-12(10)21-13/h2-3,5,7,11,13H,4,6,8-9H2,1H3,(H,16,17)(H,18,19). The van der Waals surface area contributed by atoms with E-state index in [2.05, 4.69) is 5.32 Å². The van der Waals surface area contributed by atoms with Gasteiger partial charge in [-0.2, -0.15) is 0 Å². The molecule has 0 saturated heterocycles. The molecule has 2 unspecified atom stereocenters. The van der Waals surface area contributed by atoms with Crippen molar-refractivity contribution in [1.29, 1.82) is 0 Å². The lowest BCUT2D eigenvalue weighted by Crippen LogP contribution is -2.44. The smallest absolute Gasteiger partial charge is 0.326 e. The number of methoxy groups -OCH3 is 1. The number of benzene rings is 1. The van der Waals surface area contributed by atoms with Crippen molar-refractivity contribution in [3.8, 4) is 0 Å². The Hall–Kier alpha value is -1.53. The second-order valence-corrected chi connectivity index (χ2v) is 6.20. The summed E-state index contributed by atoms with van der Waals surface area (Å²) < 4.78 is 4.91. The monoisotopic (exact) mass is 309 g/mol. The summed E-state index contributed by atoms with van der Waals surface area (Å²) in [6.45, 7) is 0.489. The maximum atomic E-state index is 12.2. The van der Waals surface area contributed by atoms with Crippen molar-refractivity contribution in [2.45, 2.75) is 35.4 Å². The molecular weight excluding hydrogens is 290 g/mol. The van der Waals surface area contributed by atoms with Gasteiger partial charge in [0, 0.05) is 18.6 Å². The fourth-order valence-corrected chi connectivity index (χ4v) is 3.49. The number of hydrogen-bond donors (Lipinski definition) is 2. The Bertz CT molecular complexity index is 495. The number of rotatable bonds is 7. The predicted molar refractivity (Wildman–Crippen MR) is 80.5 cm³/mol. The number of fused-ring (bicyclic) bond motifs is 1. The largest absolute Gasteiger partial charge is 0.480 e. The zero-order chi connectivity index (χ0) is 15.2. The summed E-state index contributed by atoms with van der Waals surface area (Å²) in [5.41, 5.74) is 1.15. The molecule has 0 saturated carbocycles. The van der Waals surface area contributed by atoms with E-state index in [1.165, 1.54) is 11.8 Å². The summed E-state index contributed by atoms with van der Waals surface area (Å²) in [6.07, 6.45) is 1.63. The molecule has 1 aromatic rings. The SMILES string of the molecule is COCCCC(NC(=O)C1Cc2ccccc2S1)C(=O)O. The van der Waals surface area contributed by atoms with Crippen LogP contribution in [0.1, 0.15) is 18.4 Å². The fraction of sp³-hybridized carbons (Fsp3) is 0.467. The van der Waals surface area contributed by atoms with Gasteiger partial charge in [0.1, 0.15) is 6.04 Å². The second-order valence-electron chi connectivity index (χ2n) is 4.95. The highest BCUT2D eigenvalue weighted by Crippen LogP contribution is 2.36. The summed E-state index contributed by atoms with van der Waals surface area (Å²) >= 11 is 1.50. The van der Waals surface area contributed by atoms with E-state index >= 15 is 0 Å². The average Bonchev–Trinajstić information content (AvgIpc) is 2.90. The first kappa shape index (κ1) is 15.9. The molecule has 0 aromatic heterocycles. The topological polar surface area (TPSA) is 75.6 Å². The number of carbonyl (C=O) groups excluding carboxylic acids is 1. The first-order chi connectivity index (χ1) is 10.1. The maximum absolute atomic E-state index is 12.2. The van der Waals surface area contributed by atoms with Crippen LogP contribution in [0.2, 0.25) is 0 Å². The Morgan fingerprint density at radius 2 is 2.24 bits per heavy atom. The molecule has 0 bridgehead atoms. The molecule has 1 aromatic carbocycles. The predicted octanol–water partition coefficient (Wildman–Crippen LogP) is 1.70. The van der Waals surface area contributed by atoms with E-state index < -0.39 is 12.0 Å². The van der Waals surface area contributed by atoms with E-state index in [1.54, 1.807) is 7.11 Å². The number of amides is 1. The molecule has 1 amide bonds. The first-order valence-electron chi connectivity index (χ1n) is 6.88. The zero-order valence-electron chi connectivity index (χ0n) is 11.9. The van der Waals surface area contributed by atoms with Gasteiger partial charge in [0.05, 0.1) is 5.25 Å². The molecular formula is C15H19NO4S. The quantitative estimate of drug-likeness (QED) is 0.750. The van der Waals surface area contributed by atoms with Crippen LogP contribution in [0.25, 0.3) is 0 Å². The zero-order valence-corrected chi connectivity index (χ0v) is 12.7. The number of ether oxygens (including phenoxy) is 1. The number of nitrogens with one attached hydrogen (secondary N) is 1. The third-order valence-electron chi connectivity index (χ3n) is 3.40. The molecule has 21 heavy (non-hydrogen) atoms. The van der Waals surface area contributed by atoms with Crippen LogP contribution < -0.4 is 5.32 Å². The Morgan fingerprint density at radius 1 is 1.48 bits per heavy atom. The number of aliphatic carboxylic acids is 1. The summed E-state index contributed by atoms with van der Waals surface area (Å²) in [6, 6.07) is 7.03. The minimum Gasteiger partial charge on any atom is -0.480 e. The highest BCUT2D eigenvalue weighted by atomic mass is 32.2. The average molecular weight is 309 g/mol. The third kappa shape index (κ3) is 4.22. The van der Waals surface area contributed by atoms with Crippen molar-refractivity contribution in [3.05, 3.63) is 29.8 Å². The Labute approximate surface area is 128 Å². The Morgan fingerprint density at radius 3 is 2.90 bits per heavy atom. The summed E-state index contributed by atoms with van der Waals surface area (Å²) in [7, 11) is 1.57. The molecule has 1 aliphatic rings. The van der Waals surface area contributed by atoms with Crippen LogP contribution in [0, 0.1) is 0 Å². The van der Waals surface area contributed by atoms with Crippen LogP contribution in [0.15, 0.2) is 29.2 Å². The summed E-state index contributed by atoms with van der Waals surface area (Å²) in [5, 5.41) is 11.6. The third-order valence-corrected chi connectivity index (χ3v) is 4.71. The van der Waals surface area contributed by atoms with Crippen LogP contribution in [0.3, 0.4) is 0 Å². The molecule has 114 valence electrons. The van der Waals surface area contributed by atoms with E-state index in [0.717, 1.165) is 10.5 Å². The van der Waals surface area contributed by atoms with Crippen LogP contribution >= 0.6 is 11.8 Å². The lowest BCUT2D eigenvalue weighted by atomic mass is 10.1. The van der Waals surface area contributed by atoms with Crippen LogP contribution in [0.4, 0.5) is 0 Å². The van der Waals surface area contributed by atoms with Crippen LogP contribution in [-0.4, -0.2) is 42.0 Å². The molecule has 0 fully saturated rings. The minimum absolute atomic E-state index is 0.207. The highest BCUT2D eigenvalue weighted by molar-refractivity contribution is 8.01. The Balaban J connectivity index is 1.90. The van der Waals surface area contributed by atoms with Crippen molar-refractivity contribution in [3.63, 3.8) is 0 Å². The number of carboxylic acid groups (broad SMARTS) is 1. The van der Waals surface area contributed by atoms with E-state index in [1.807, 2.05) is 24.3 Å². The van der Waals surface area contributed by atoms with Gasteiger partial charge in [-0.05, 0) is 30.9 Å². The van der Waals surface area contributed by atoms with Crippen molar-refractivity contribution in [1.82, 2.24) is 5.32 Å². The molecule has 5 nitrogen and oxygen atoms in total. The van der Waals surface area contributed by atoms with Crippen LogP contribution in [-0.2, 0) is 20.7 Å². The van der Waals surface area contributed by atoms with Crippen molar-refractivity contribution in [2.75, 3.05) is 13.7 Å². The number of hydrogen-bond acceptors (Lipinski definition) is 4. The lowest BCUT2D eigenvalue weighted by molar-refractivity contribution is -0.142. The van der Waals surface area contributed by atoms with Gasteiger partial charge in [0.25, 0.3) is 0 Å². The van der Waals surface area contributed by atoms with E-state index in [-0.39, 0.29) is 11.2 Å². The van der Waals surface area contributed by atoms with E-state index in [0.29, 0.717) is 25.9 Å². The molecule has 2 N–H and O–H groups in total. The van der Waals surface area contributed by atoms with Gasteiger partial charge in [-0.15, -0.1) is 11.8 Å². The number of carbonyl (C=O) groups is 2. The molecule has 0 aliphatic carbocycles. The van der Waals surface area contributed by atoms with Gasteiger partial charge in [0.2, 0.25) is 5.91 Å². The summed E-state index contributed by atoms with van der Waals surface area (Å²) in [4.78, 5) is 24.5. The van der Waals surface area contributed by atoms with Gasteiger partial charge in [-0.3, -0.25) is 4.79 Å². The molecule has 2 atom stereocenters. The molecule has 0 spiro atoms.